The lowest BCUT2D eigenvalue weighted by Gasteiger charge is -2.17. The lowest BCUT2D eigenvalue weighted by atomic mass is 9.98. The fourth-order valence-corrected chi connectivity index (χ4v) is 2.48. The van der Waals surface area contributed by atoms with E-state index < -0.39 is 0 Å². The average Bonchev–Trinajstić information content (AvgIpc) is 2.76. The van der Waals surface area contributed by atoms with Crippen molar-refractivity contribution in [3.8, 4) is 11.5 Å². The molecule has 20 heavy (non-hydrogen) atoms. The van der Waals surface area contributed by atoms with Gasteiger partial charge in [-0.3, -0.25) is 0 Å². The highest BCUT2D eigenvalue weighted by atomic mass is 16.5. The van der Waals surface area contributed by atoms with Crippen molar-refractivity contribution in [2.45, 2.75) is 46.8 Å². The molecule has 3 heteroatoms. The standard InChI is InChI=1S/C17H27NO2/c1-11(2)12(3)9-18-10-15-8-17-14(6-13(4)20-17)7-16(15)19-5/h7-8,11-13,18H,6,9-10H2,1-5H3. The third-order valence-electron chi connectivity index (χ3n) is 4.22. The summed E-state index contributed by atoms with van der Waals surface area (Å²) in [6.07, 6.45) is 1.25. The van der Waals surface area contributed by atoms with Gasteiger partial charge in [0.15, 0.2) is 0 Å². The van der Waals surface area contributed by atoms with Gasteiger partial charge in [-0.15, -0.1) is 0 Å². The van der Waals surface area contributed by atoms with Gasteiger partial charge in [-0.25, -0.2) is 0 Å². The molecular formula is C17H27NO2. The summed E-state index contributed by atoms with van der Waals surface area (Å²) in [5, 5.41) is 3.52. The summed E-state index contributed by atoms with van der Waals surface area (Å²) in [6.45, 7) is 10.8. The molecule has 0 aromatic heterocycles. The Morgan fingerprint density at radius 2 is 2.10 bits per heavy atom. The maximum atomic E-state index is 5.83. The fourth-order valence-electron chi connectivity index (χ4n) is 2.48. The number of hydrogen-bond donors (Lipinski definition) is 1. The van der Waals surface area contributed by atoms with Crippen molar-refractivity contribution < 1.29 is 9.47 Å². The Labute approximate surface area is 122 Å². The third-order valence-corrected chi connectivity index (χ3v) is 4.22. The fraction of sp³-hybridized carbons (Fsp3) is 0.647. The zero-order valence-electron chi connectivity index (χ0n) is 13.3. The van der Waals surface area contributed by atoms with Crippen LogP contribution in [0.25, 0.3) is 0 Å². The zero-order valence-corrected chi connectivity index (χ0v) is 13.3. The molecule has 0 radical (unpaired) electrons. The average molecular weight is 277 g/mol. The van der Waals surface area contributed by atoms with Crippen LogP contribution in [0.5, 0.6) is 11.5 Å². The summed E-state index contributed by atoms with van der Waals surface area (Å²) in [5.74, 6) is 3.36. The van der Waals surface area contributed by atoms with Gasteiger partial charge in [-0.05, 0) is 37.4 Å². The van der Waals surface area contributed by atoms with E-state index in [0.29, 0.717) is 11.8 Å². The van der Waals surface area contributed by atoms with E-state index in [2.05, 4.69) is 45.1 Å². The molecule has 1 aromatic rings. The third kappa shape index (κ3) is 3.45. The number of rotatable bonds is 6. The minimum Gasteiger partial charge on any atom is -0.496 e. The van der Waals surface area contributed by atoms with E-state index in [1.54, 1.807) is 7.11 Å². The number of nitrogens with one attached hydrogen (secondary N) is 1. The molecular weight excluding hydrogens is 250 g/mol. The summed E-state index contributed by atoms with van der Waals surface area (Å²) >= 11 is 0. The van der Waals surface area contributed by atoms with Gasteiger partial charge in [-0.2, -0.15) is 0 Å². The van der Waals surface area contributed by atoms with Crippen LogP contribution in [0.15, 0.2) is 12.1 Å². The monoisotopic (exact) mass is 277 g/mol. The second-order valence-corrected chi connectivity index (χ2v) is 6.26. The van der Waals surface area contributed by atoms with Crippen LogP contribution < -0.4 is 14.8 Å². The molecule has 2 rings (SSSR count). The number of ether oxygens (including phenoxy) is 2. The molecule has 1 aliphatic rings. The summed E-state index contributed by atoms with van der Waals surface area (Å²) in [7, 11) is 1.74. The molecule has 1 aromatic carbocycles. The van der Waals surface area contributed by atoms with Gasteiger partial charge in [0, 0.05) is 24.1 Å². The molecule has 3 nitrogen and oxygen atoms in total. The highest BCUT2D eigenvalue weighted by Crippen LogP contribution is 2.34. The highest BCUT2D eigenvalue weighted by molar-refractivity contribution is 5.48. The van der Waals surface area contributed by atoms with E-state index in [4.69, 9.17) is 9.47 Å². The van der Waals surface area contributed by atoms with Crippen LogP contribution in [0.3, 0.4) is 0 Å². The van der Waals surface area contributed by atoms with Crippen LogP contribution in [0, 0.1) is 11.8 Å². The van der Waals surface area contributed by atoms with Crippen LogP contribution >= 0.6 is 0 Å². The maximum Gasteiger partial charge on any atom is 0.123 e. The van der Waals surface area contributed by atoms with E-state index >= 15 is 0 Å². The molecule has 0 spiro atoms. The largest absolute Gasteiger partial charge is 0.496 e. The van der Waals surface area contributed by atoms with Crippen molar-refractivity contribution >= 4 is 0 Å². The molecule has 1 heterocycles. The predicted octanol–water partition coefficient (Wildman–Crippen LogP) is 3.40. The lowest BCUT2D eigenvalue weighted by molar-refractivity contribution is 0.254. The minimum atomic E-state index is 0.277. The molecule has 112 valence electrons. The van der Waals surface area contributed by atoms with Gasteiger partial charge in [0.1, 0.15) is 17.6 Å². The normalized spacial score (nSPS) is 18.8. The smallest absolute Gasteiger partial charge is 0.123 e. The number of methoxy groups -OCH3 is 1. The minimum absolute atomic E-state index is 0.277. The van der Waals surface area contributed by atoms with Crippen LogP contribution in [-0.4, -0.2) is 19.8 Å². The molecule has 0 bridgehead atoms. The van der Waals surface area contributed by atoms with Crippen molar-refractivity contribution in [2.75, 3.05) is 13.7 Å². The first kappa shape index (κ1) is 15.2. The summed E-state index contributed by atoms with van der Waals surface area (Å²) in [4.78, 5) is 0. The number of fused-ring (bicyclic) bond motifs is 1. The van der Waals surface area contributed by atoms with Crippen LogP contribution in [-0.2, 0) is 13.0 Å². The molecule has 0 aliphatic carbocycles. The Balaban J connectivity index is 2.02. The predicted molar refractivity (Wildman–Crippen MR) is 82.5 cm³/mol. The van der Waals surface area contributed by atoms with Gasteiger partial charge in [0.25, 0.3) is 0 Å². The first-order valence-corrected chi connectivity index (χ1v) is 7.58. The first-order valence-electron chi connectivity index (χ1n) is 7.58. The van der Waals surface area contributed by atoms with Gasteiger partial charge >= 0.3 is 0 Å². The van der Waals surface area contributed by atoms with Gasteiger partial charge < -0.3 is 14.8 Å². The second kappa shape index (κ2) is 6.49. The Morgan fingerprint density at radius 1 is 1.35 bits per heavy atom. The van der Waals surface area contributed by atoms with Crippen LogP contribution in [0.2, 0.25) is 0 Å². The lowest BCUT2D eigenvalue weighted by Crippen LogP contribution is -2.24. The van der Waals surface area contributed by atoms with E-state index in [0.717, 1.165) is 31.0 Å². The summed E-state index contributed by atoms with van der Waals surface area (Å²) in [5.41, 5.74) is 2.44. The quantitative estimate of drug-likeness (QED) is 0.864. The van der Waals surface area contributed by atoms with Crippen LogP contribution in [0.1, 0.15) is 38.8 Å². The molecule has 0 fully saturated rings. The highest BCUT2D eigenvalue weighted by Gasteiger charge is 2.21. The molecule has 2 atom stereocenters. The number of benzene rings is 1. The second-order valence-electron chi connectivity index (χ2n) is 6.26. The van der Waals surface area contributed by atoms with Crippen molar-refractivity contribution in [3.63, 3.8) is 0 Å². The Bertz CT molecular complexity index is 457. The van der Waals surface area contributed by atoms with E-state index in [1.807, 2.05) is 0 Å². The summed E-state index contributed by atoms with van der Waals surface area (Å²) < 4.78 is 11.3. The molecule has 1 aliphatic heterocycles. The SMILES string of the molecule is COc1cc2c(cc1CNCC(C)C(C)C)OC(C)C2. The van der Waals surface area contributed by atoms with E-state index in [9.17, 15) is 0 Å². The van der Waals surface area contributed by atoms with Gasteiger partial charge in [0.2, 0.25) is 0 Å². The Hall–Kier alpha value is -1.22. The van der Waals surface area contributed by atoms with Crippen molar-refractivity contribution in [3.05, 3.63) is 23.3 Å². The molecule has 2 unspecified atom stereocenters. The molecule has 1 N–H and O–H groups in total. The Kier molecular flexibility index (Phi) is 4.92. The van der Waals surface area contributed by atoms with Crippen molar-refractivity contribution in [1.29, 1.82) is 0 Å². The van der Waals surface area contributed by atoms with E-state index in [-0.39, 0.29) is 6.10 Å². The number of hydrogen-bond acceptors (Lipinski definition) is 3. The van der Waals surface area contributed by atoms with E-state index in [1.165, 1.54) is 11.1 Å². The topological polar surface area (TPSA) is 30.5 Å². The molecule has 0 saturated heterocycles. The summed E-state index contributed by atoms with van der Waals surface area (Å²) in [6, 6.07) is 4.26. The van der Waals surface area contributed by atoms with Gasteiger partial charge in [0.05, 0.1) is 7.11 Å². The van der Waals surface area contributed by atoms with Crippen molar-refractivity contribution in [2.24, 2.45) is 11.8 Å². The maximum absolute atomic E-state index is 5.83. The van der Waals surface area contributed by atoms with Crippen LogP contribution in [0.4, 0.5) is 0 Å². The van der Waals surface area contributed by atoms with Crippen molar-refractivity contribution in [1.82, 2.24) is 5.32 Å². The molecule has 0 amide bonds. The Morgan fingerprint density at radius 3 is 2.75 bits per heavy atom. The first-order chi connectivity index (χ1) is 9.51. The van der Waals surface area contributed by atoms with Gasteiger partial charge in [-0.1, -0.05) is 20.8 Å². The zero-order chi connectivity index (χ0) is 14.7. The molecule has 0 saturated carbocycles.